The first-order valence-corrected chi connectivity index (χ1v) is 10.4. The molecular formula is C18H16BrF2N7O2S. The zero-order valence-corrected chi connectivity index (χ0v) is 18.4. The SMILES string of the molecule is COc1ccc(Br)cc1/C=N/Nc1nnc(SCC(=O)Nc2ccc(F)cc2F)n1N. The first-order chi connectivity index (χ1) is 14.9. The summed E-state index contributed by atoms with van der Waals surface area (Å²) in [7, 11) is 1.55. The summed E-state index contributed by atoms with van der Waals surface area (Å²) >= 11 is 4.36. The van der Waals surface area contributed by atoms with Gasteiger partial charge >= 0.3 is 0 Å². The Kier molecular flexibility index (Phi) is 7.41. The van der Waals surface area contributed by atoms with E-state index in [0.29, 0.717) is 17.4 Å². The normalized spacial score (nSPS) is 11.0. The molecule has 0 aliphatic carbocycles. The topological polar surface area (TPSA) is 119 Å². The lowest BCUT2D eigenvalue weighted by Gasteiger charge is -2.06. The number of carbonyl (C=O) groups is 1. The molecule has 0 saturated heterocycles. The molecule has 0 aliphatic heterocycles. The number of amides is 1. The van der Waals surface area contributed by atoms with Gasteiger partial charge in [-0.2, -0.15) is 5.10 Å². The second-order valence-corrected chi connectivity index (χ2v) is 7.75. The molecule has 0 bridgehead atoms. The highest BCUT2D eigenvalue weighted by atomic mass is 79.9. The maximum atomic E-state index is 13.6. The van der Waals surface area contributed by atoms with Gasteiger partial charge < -0.3 is 15.9 Å². The van der Waals surface area contributed by atoms with Crippen molar-refractivity contribution < 1.29 is 18.3 Å². The fourth-order valence-electron chi connectivity index (χ4n) is 2.32. The first kappa shape index (κ1) is 22.5. The molecule has 162 valence electrons. The number of hydrogen-bond acceptors (Lipinski definition) is 8. The molecule has 3 rings (SSSR count). The number of ether oxygens (including phenoxy) is 1. The number of hydrogen-bond donors (Lipinski definition) is 3. The quantitative estimate of drug-likeness (QED) is 0.184. The maximum absolute atomic E-state index is 13.6. The monoisotopic (exact) mass is 511 g/mol. The summed E-state index contributed by atoms with van der Waals surface area (Å²) in [5, 5.41) is 14.4. The van der Waals surface area contributed by atoms with Crippen LogP contribution in [0, 0.1) is 11.6 Å². The molecule has 1 heterocycles. The van der Waals surface area contributed by atoms with Crippen molar-refractivity contribution in [3.63, 3.8) is 0 Å². The minimum absolute atomic E-state index is 0.120. The number of carbonyl (C=O) groups excluding carboxylic acids is 1. The van der Waals surface area contributed by atoms with Crippen LogP contribution in [0.1, 0.15) is 5.56 Å². The smallest absolute Gasteiger partial charge is 0.264 e. The summed E-state index contributed by atoms with van der Waals surface area (Å²) in [6.07, 6.45) is 1.52. The number of aromatic nitrogens is 3. The van der Waals surface area contributed by atoms with Crippen LogP contribution in [0.4, 0.5) is 20.4 Å². The molecule has 3 aromatic rings. The number of thioether (sulfide) groups is 1. The summed E-state index contributed by atoms with van der Waals surface area (Å²) in [4.78, 5) is 12.0. The van der Waals surface area contributed by atoms with Gasteiger partial charge in [-0.05, 0) is 30.3 Å². The molecule has 0 saturated carbocycles. The van der Waals surface area contributed by atoms with Crippen molar-refractivity contribution in [3.05, 3.63) is 58.1 Å². The second-order valence-electron chi connectivity index (χ2n) is 5.89. The van der Waals surface area contributed by atoms with E-state index in [1.165, 1.54) is 6.21 Å². The third-order valence-corrected chi connectivity index (χ3v) is 5.20. The lowest BCUT2D eigenvalue weighted by molar-refractivity contribution is -0.113. The van der Waals surface area contributed by atoms with Crippen molar-refractivity contribution in [1.82, 2.24) is 14.9 Å². The van der Waals surface area contributed by atoms with Crippen molar-refractivity contribution in [2.45, 2.75) is 5.16 Å². The minimum atomic E-state index is -0.869. The summed E-state index contributed by atoms with van der Waals surface area (Å²) < 4.78 is 33.8. The van der Waals surface area contributed by atoms with Crippen LogP contribution < -0.4 is 21.3 Å². The molecule has 0 spiro atoms. The van der Waals surface area contributed by atoms with Gasteiger partial charge in [-0.15, -0.1) is 10.2 Å². The predicted octanol–water partition coefficient (Wildman–Crippen LogP) is 3.22. The molecule has 0 fully saturated rings. The largest absolute Gasteiger partial charge is 0.496 e. The van der Waals surface area contributed by atoms with Gasteiger partial charge in [0.25, 0.3) is 5.95 Å². The lowest BCUT2D eigenvalue weighted by atomic mass is 10.2. The minimum Gasteiger partial charge on any atom is -0.496 e. The van der Waals surface area contributed by atoms with E-state index in [2.05, 4.69) is 42.0 Å². The fraction of sp³-hybridized carbons (Fsp3) is 0.111. The van der Waals surface area contributed by atoms with E-state index in [0.717, 1.165) is 33.0 Å². The number of nitrogen functional groups attached to an aromatic ring is 1. The van der Waals surface area contributed by atoms with Crippen LogP contribution in [0.25, 0.3) is 0 Å². The Morgan fingerprint density at radius 1 is 1.32 bits per heavy atom. The van der Waals surface area contributed by atoms with Crippen LogP contribution in [0.5, 0.6) is 5.75 Å². The summed E-state index contributed by atoms with van der Waals surface area (Å²) in [6.45, 7) is 0. The Morgan fingerprint density at radius 2 is 2.13 bits per heavy atom. The Bertz CT molecular complexity index is 1130. The lowest BCUT2D eigenvalue weighted by Crippen LogP contribution is -2.17. The standard InChI is InChI=1S/C18H16BrF2N7O2S/c1-30-15-5-2-11(19)6-10(15)8-23-25-17-26-27-18(28(17)22)31-9-16(29)24-14-4-3-12(20)7-13(14)21/h2-8H,9,22H2,1H3,(H,24,29)(H,25,26)/b23-8+. The number of nitrogens with zero attached hydrogens (tertiary/aromatic N) is 4. The number of hydrazone groups is 1. The van der Waals surface area contributed by atoms with Crippen LogP contribution in [-0.2, 0) is 4.79 Å². The number of anilines is 2. The molecule has 13 heteroatoms. The Labute approximate surface area is 188 Å². The van der Waals surface area contributed by atoms with Crippen molar-refractivity contribution in [3.8, 4) is 5.75 Å². The van der Waals surface area contributed by atoms with Crippen LogP contribution >= 0.6 is 27.7 Å². The van der Waals surface area contributed by atoms with Crippen LogP contribution in [0.3, 0.4) is 0 Å². The van der Waals surface area contributed by atoms with Gasteiger partial charge in [-0.25, -0.2) is 18.9 Å². The van der Waals surface area contributed by atoms with Crippen LogP contribution in [0.15, 0.2) is 51.1 Å². The third-order valence-electron chi connectivity index (χ3n) is 3.76. The Morgan fingerprint density at radius 3 is 2.87 bits per heavy atom. The number of nitrogens with two attached hydrogens (primary N) is 1. The summed E-state index contributed by atoms with van der Waals surface area (Å²) in [5.41, 5.74) is 3.25. The molecule has 0 radical (unpaired) electrons. The fourth-order valence-corrected chi connectivity index (χ4v) is 3.36. The Hall–Kier alpha value is -3.19. The molecular weight excluding hydrogens is 496 g/mol. The number of rotatable bonds is 8. The van der Waals surface area contributed by atoms with Gasteiger partial charge in [-0.1, -0.05) is 27.7 Å². The van der Waals surface area contributed by atoms with E-state index in [1.54, 1.807) is 13.2 Å². The van der Waals surface area contributed by atoms with Crippen molar-refractivity contribution in [2.75, 3.05) is 29.4 Å². The molecule has 1 aromatic heterocycles. The van der Waals surface area contributed by atoms with Gasteiger partial charge in [0.2, 0.25) is 11.1 Å². The molecule has 9 nitrogen and oxygen atoms in total. The number of benzene rings is 2. The first-order valence-electron chi connectivity index (χ1n) is 8.58. The molecule has 4 N–H and O–H groups in total. The average Bonchev–Trinajstić information content (AvgIpc) is 3.08. The highest BCUT2D eigenvalue weighted by Crippen LogP contribution is 2.22. The van der Waals surface area contributed by atoms with E-state index >= 15 is 0 Å². The van der Waals surface area contributed by atoms with E-state index in [9.17, 15) is 13.6 Å². The number of halogens is 3. The van der Waals surface area contributed by atoms with Gasteiger partial charge in [-0.3, -0.25) is 4.79 Å². The highest BCUT2D eigenvalue weighted by molar-refractivity contribution is 9.10. The number of nitrogens with one attached hydrogen (secondary N) is 2. The van der Waals surface area contributed by atoms with E-state index in [1.807, 2.05) is 12.1 Å². The molecule has 2 aromatic carbocycles. The van der Waals surface area contributed by atoms with E-state index in [4.69, 9.17) is 10.6 Å². The third kappa shape index (κ3) is 5.92. The summed E-state index contributed by atoms with van der Waals surface area (Å²) in [6, 6.07) is 8.31. The maximum Gasteiger partial charge on any atom is 0.264 e. The van der Waals surface area contributed by atoms with Gasteiger partial charge in [0.1, 0.15) is 17.4 Å². The van der Waals surface area contributed by atoms with E-state index < -0.39 is 17.5 Å². The molecule has 0 atom stereocenters. The van der Waals surface area contributed by atoms with Gasteiger partial charge in [0.05, 0.1) is 24.8 Å². The van der Waals surface area contributed by atoms with Crippen molar-refractivity contribution >= 4 is 51.4 Å². The second kappa shape index (κ2) is 10.2. The Balaban J connectivity index is 1.57. The average molecular weight is 512 g/mol. The zero-order valence-electron chi connectivity index (χ0n) is 16.0. The van der Waals surface area contributed by atoms with Gasteiger partial charge in [0, 0.05) is 16.1 Å². The van der Waals surface area contributed by atoms with E-state index in [-0.39, 0.29) is 22.5 Å². The highest BCUT2D eigenvalue weighted by Gasteiger charge is 2.13. The summed E-state index contributed by atoms with van der Waals surface area (Å²) in [5.74, 6) is 4.43. The van der Waals surface area contributed by atoms with Gasteiger partial charge in [0.15, 0.2) is 0 Å². The molecule has 1 amide bonds. The van der Waals surface area contributed by atoms with Crippen molar-refractivity contribution in [1.29, 1.82) is 0 Å². The molecule has 31 heavy (non-hydrogen) atoms. The van der Waals surface area contributed by atoms with Crippen LogP contribution in [0.2, 0.25) is 0 Å². The zero-order chi connectivity index (χ0) is 22.4. The van der Waals surface area contributed by atoms with Crippen LogP contribution in [-0.4, -0.2) is 39.9 Å². The van der Waals surface area contributed by atoms with Crippen molar-refractivity contribution in [2.24, 2.45) is 5.10 Å². The predicted molar refractivity (Wildman–Crippen MR) is 118 cm³/mol. The molecule has 0 aliphatic rings. The number of methoxy groups -OCH3 is 1. The molecule has 0 unspecified atom stereocenters.